The maximum atomic E-state index is 6.69. The van der Waals surface area contributed by atoms with Gasteiger partial charge < -0.3 is 9.31 Å². The van der Waals surface area contributed by atoms with Crippen LogP contribution in [0.4, 0.5) is 0 Å². The first kappa shape index (κ1) is 25.4. The van der Waals surface area contributed by atoms with Crippen LogP contribution in [0.25, 0.3) is 28.3 Å². The van der Waals surface area contributed by atoms with Gasteiger partial charge in [0.05, 0.1) is 16.5 Å². The summed E-state index contributed by atoms with van der Waals surface area (Å²) in [6.07, 6.45) is 7.19. The lowest BCUT2D eigenvalue weighted by molar-refractivity contribution is 0.00578. The van der Waals surface area contributed by atoms with Gasteiger partial charge in [-0.3, -0.25) is 0 Å². The lowest BCUT2D eigenvalue weighted by Crippen LogP contribution is -2.46. The smallest absolute Gasteiger partial charge is 0.402 e. The third kappa shape index (κ3) is 4.64. The van der Waals surface area contributed by atoms with E-state index in [2.05, 4.69) is 70.2 Å². The number of nitrogens with zero attached hydrogens (tertiary/aromatic N) is 3. The molecule has 39 heavy (non-hydrogen) atoms. The first-order valence-corrected chi connectivity index (χ1v) is 13.5. The van der Waals surface area contributed by atoms with Gasteiger partial charge >= 0.3 is 7.12 Å². The molecule has 1 aromatic heterocycles. The zero-order valence-corrected chi connectivity index (χ0v) is 22.8. The summed E-state index contributed by atoms with van der Waals surface area (Å²) in [5.41, 5.74) is 3.19. The minimum Gasteiger partial charge on any atom is -0.402 e. The highest BCUT2D eigenvalue weighted by molar-refractivity contribution is 6.50. The van der Waals surface area contributed by atoms with E-state index in [1.807, 2.05) is 66.7 Å². The van der Waals surface area contributed by atoms with E-state index in [0.29, 0.717) is 23.9 Å². The van der Waals surface area contributed by atoms with Crippen LogP contribution in [-0.2, 0) is 14.6 Å². The molecule has 1 aliphatic carbocycles. The second-order valence-corrected chi connectivity index (χ2v) is 11.2. The van der Waals surface area contributed by atoms with Crippen LogP contribution in [0.15, 0.2) is 109 Å². The van der Waals surface area contributed by atoms with Crippen molar-refractivity contribution >= 4 is 12.7 Å². The second kappa shape index (κ2) is 9.71. The average Bonchev–Trinajstić information content (AvgIpc) is 3.20. The zero-order valence-electron chi connectivity index (χ0n) is 22.8. The highest BCUT2D eigenvalue weighted by atomic mass is 16.7. The van der Waals surface area contributed by atoms with Gasteiger partial charge in [0.1, 0.15) is 5.82 Å². The van der Waals surface area contributed by atoms with Crippen molar-refractivity contribution in [3.05, 3.63) is 121 Å². The lowest BCUT2D eigenvalue weighted by atomic mass is 9.53. The van der Waals surface area contributed by atoms with Crippen LogP contribution < -0.4 is 0 Å². The summed E-state index contributed by atoms with van der Waals surface area (Å²) in [7, 11) is -0.582. The fraction of sp³-hybridized carbons (Fsp3) is 0.242. The molecule has 4 aromatic rings. The van der Waals surface area contributed by atoms with Crippen LogP contribution in [0.5, 0.6) is 0 Å². The second-order valence-electron chi connectivity index (χ2n) is 11.2. The Morgan fingerprint density at radius 1 is 0.615 bits per heavy atom. The Labute approximate surface area is 230 Å². The first-order valence-electron chi connectivity index (χ1n) is 13.5. The highest BCUT2D eigenvalue weighted by Gasteiger charge is 2.60. The average molecular weight is 513 g/mol. The SMILES string of the molecule is CC1(C)OB(C2(c3nc(-c4ccccc4)nc(-c4ccccc4)n3)C=CC(c3ccccc3)=CC2)OC1(C)C. The van der Waals surface area contributed by atoms with Crippen LogP contribution in [0.1, 0.15) is 45.5 Å². The quantitative estimate of drug-likeness (QED) is 0.266. The van der Waals surface area contributed by atoms with E-state index in [0.717, 1.165) is 16.7 Å². The van der Waals surface area contributed by atoms with Gasteiger partial charge in [-0.25, -0.2) is 15.0 Å². The molecule has 6 heteroatoms. The molecule has 0 N–H and O–H groups in total. The molecule has 1 aliphatic heterocycles. The summed E-state index contributed by atoms with van der Waals surface area (Å²) in [5, 5.41) is -0.751. The van der Waals surface area contributed by atoms with Gasteiger partial charge in [0, 0.05) is 11.1 Å². The Bertz CT molecular complexity index is 1460. The fourth-order valence-corrected chi connectivity index (χ4v) is 5.01. The number of hydrogen-bond donors (Lipinski definition) is 0. The summed E-state index contributed by atoms with van der Waals surface area (Å²) in [6.45, 7) is 8.32. The molecule has 2 aliphatic rings. The molecule has 5 nitrogen and oxygen atoms in total. The fourth-order valence-electron chi connectivity index (χ4n) is 5.01. The molecule has 0 saturated carbocycles. The van der Waals surface area contributed by atoms with Gasteiger partial charge in [-0.05, 0) is 45.3 Å². The van der Waals surface area contributed by atoms with Gasteiger partial charge in [-0.15, -0.1) is 0 Å². The summed E-state index contributed by atoms with van der Waals surface area (Å²) in [5.74, 6) is 1.89. The Kier molecular flexibility index (Phi) is 6.33. The predicted octanol–water partition coefficient (Wildman–Crippen LogP) is 7.12. The molecule has 0 amide bonds. The van der Waals surface area contributed by atoms with Gasteiger partial charge in [-0.2, -0.15) is 0 Å². The minimum absolute atomic E-state index is 0.501. The topological polar surface area (TPSA) is 57.1 Å². The monoisotopic (exact) mass is 513 g/mol. The van der Waals surface area contributed by atoms with Crippen molar-refractivity contribution in [1.29, 1.82) is 0 Å². The Morgan fingerprint density at radius 3 is 1.51 bits per heavy atom. The molecule has 0 radical (unpaired) electrons. The number of allylic oxidation sites excluding steroid dienone is 4. The standard InChI is InChI=1S/C33H32BN3O2/c1-31(2)32(3,4)39-34(38-31)33(22-20-25(21-23-33)24-14-8-5-9-15-24)30-36-28(26-16-10-6-11-17-26)35-29(37-30)27-18-12-7-13-19-27/h5-22H,23H2,1-4H3. The maximum Gasteiger partial charge on any atom is 0.476 e. The molecule has 6 rings (SSSR count). The lowest BCUT2D eigenvalue weighted by Gasteiger charge is -2.33. The molecule has 2 heterocycles. The van der Waals surface area contributed by atoms with Gasteiger partial charge in [-0.1, -0.05) is 109 Å². The largest absolute Gasteiger partial charge is 0.476 e. The van der Waals surface area contributed by atoms with Gasteiger partial charge in [0.15, 0.2) is 11.6 Å². The molecule has 1 unspecified atom stereocenters. The van der Waals surface area contributed by atoms with E-state index in [-0.39, 0.29) is 0 Å². The highest BCUT2D eigenvalue weighted by Crippen LogP contribution is 2.47. The van der Waals surface area contributed by atoms with E-state index in [1.165, 1.54) is 5.56 Å². The number of hydrogen-bond acceptors (Lipinski definition) is 5. The van der Waals surface area contributed by atoms with Crippen molar-refractivity contribution in [2.75, 3.05) is 0 Å². The van der Waals surface area contributed by atoms with Crippen LogP contribution in [0, 0.1) is 0 Å². The number of rotatable bonds is 5. The van der Waals surface area contributed by atoms with Crippen LogP contribution in [0.3, 0.4) is 0 Å². The molecule has 1 saturated heterocycles. The Balaban J connectivity index is 1.53. The molecular weight excluding hydrogens is 481 g/mol. The molecular formula is C33H32BN3O2. The van der Waals surface area contributed by atoms with Gasteiger partial charge in [0.25, 0.3) is 0 Å². The molecule has 0 spiro atoms. The van der Waals surface area contributed by atoms with Crippen molar-refractivity contribution in [2.45, 2.75) is 50.6 Å². The summed E-state index contributed by atoms with van der Waals surface area (Å²) < 4.78 is 13.4. The summed E-state index contributed by atoms with van der Waals surface area (Å²) in [4.78, 5) is 15.1. The zero-order chi connectivity index (χ0) is 27.1. The third-order valence-electron chi connectivity index (χ3n) is 8.12. The molecule has 1 fully saturated rings. The summed E-state index contributed by atoms with van der Waals surface area (Å²) >= 11 is 0. The van der Waals surface area contributed by atoms with E-state index >= 15 is 0 Å². The number of benzene rings is 3. The van der Waals surface area contributed by atoms with E-state index in [4.69, 9.17) is 24.3 Å². The van der Waals surface area contributed by atoms with Crippen LogP contribution in [-0.4, -0.2) is 33.3 Å². The van der Waals surface area contributed by atoms with Crippen molar-refractivity contribution in [3.63, 3.8) is 0 Å². The van der Waals surface area contributed by atoms with Crippen LogP contribution in [0.2, 0.25) is 0 Å². The molecule has 0 bridgehead atoms. The third-order valence-corrected chi connectivity index (χ3v) is 8.12. The minimum atomic E-state index is -0.751. The summed E-state index contributed by atoms with van der Waals surface area (Å²) in [6, 6.07) is 30.5. The molecule has 1 atom stereocenters. The van der Waals surface area contributed by atoms with Crippen LogP contribution >= 0.6 is 0 Å². The molecule has 3 aromatic carbocycles. The maximum absolute atomic E-state index is 6.69. The van der Waals surface area contributed by atoms with Crippen molar-refractivity contribution in [2.24, 2.45) is 0 Å². The van der Waals surface area contributed by atoms with Crippen molar-refractivity contribution < 1.29 is 9.31 Å². The Hall–Kier alpha value is -3.87. The molecule has 194 valence electrons. The van der Waals surface area contributed by atoms with E-state index in [9.17, 15) is 0 Å². The van der Waals surface area contributed by atoms with Gasteiger partial charge in [0.2, 0.25) is 0 Å². The predicted molar refractivity (Wildman–Crippen MR) is 157 cm³/mol. The van der Waals surface area contributed by atoms with E-state index < -0.39 is 23.6 Å². The normalized spacial score (nSPS) is 21.5. The first-order chi connectivity index (χ1) is 18.8. The van der Waals surface area contributed by atoms with Crippen molar-refractivity contribution in [3.8, 4) is 22.8 Å². The van der Waals surface area contributed by atoms with E-state index in [1.54, 1.807) is 0 Å². The van der Waals surface area contributed by atoms with Crippen molar-refractivity contribution in [1.82, 2.24) is 15.0 Å². The number of aromatic nitrogens is 3. The Morgan fingerprint density at radius 2 is 1.08 bits per heavy atom.